The number of aliphatic carboxylic acids is 1. The minimum Gasteiger partial charge on any atom is -0.481 e. The van der Waals surface area contributed by atoms with Crippen molar-refractivity contribution in [2.45, 2.75) is 96.9 Å². The third kappa shape index (κ3) is 2.66. The van der Waals surface area contributed by atoms with Crippen LogP contribution in [0.2, 0.25) is 0 Å². The molecular weight excluding hydrogens is 352 g/mol. The first-order valence-electron chi connectivity index (χ1n) is 11.8. The van der Waals surface area contributed by atoms with Gasteiger partial charge in [0.25, 0.3) is 0 Å². The Hall–Kier alpha value is -0.610. The van der Waals surface area contributed by atoms with Crippen LogP contribution < -0.4 is 0 Å². The van der Waals surface area contributed by atoms with Gasteiger partial charge in [-0.05, 0) is 97.7 Å². The third-order valence-electron chi connectivity index (χ3n) is 10.5. The summed E-state index contributed by atoms with van der Waals surface area (Å²) in [4.78, 5) is 11.1. The second-order valence-electron chi connectivity index (χ2n) is 11.5. The zero-order chi connectivity index (χ0) is 19.8. The molecule has 0 aromatic carbocycles. The molecule has 4 aliphatic carbocycles. The first kappa shape index (κ1) is 19.4. The summed E-state index contributed by atoms with van der Waals surface area (Å²) in [5.41, 5.74) is 0.697. The van der Waals surface area contributed by atoms with Crippen LogP contribution in [0.15, 0.2) is 0 Å². The topological polar surface area (TPSA) is 70.1 Å². The van der Waals surface area contributed by atoms with Crippen molar-refractivity contribution < 1.29 is 19.7 Å². The van der Waals surface area contributed by atoms with Gasteiger partial charge >= 0.3 is 5.97 Å². The summed E-state index contributed by atoms with van der Waals surface area (Å²) in [5, 5.41) is 19.4. The Morgan fingerprint density at radius 1 is 1.04 bits per heavy atom. The smallest absolute Gasteiger partial charge is 0.303 e. The normalized spacial score (nSPS) is 55.4. The number of carboxylic acid groups (broad SMARTS) is 1. The molecule has 5 fully saturated rings. The molecule has 4 nitrogen and oxygen atoms in total. The van der Waals surface area contributed by atoms with E-state index < -0.39 is 5.97 Å². The number of aliphatic hydroxyl groups excluding tert-OH is 1. The van der Waals surface area contributed by atoms with E-state index in [-0.39, 0.29) is 6.10 Å². The second kappa shape index (κ2) is 6.44. The van der Waals surface area contributed by atoms with E-state index in [2.05, 4.69) is 20.8 Å². The average Bonchev–Trinajstić information content (AvgIpc) is 3.35. The lowest BCUT2D eigenvalue weighted by atomic mass is 9.44. The van der Waals surface area contributed by atoms with Gasteiger partial charge in [-0.15, -0.1) is 0 Å². The molecule has 2 N–H and O–H groups in total. The van der Waals surface area contributed by atoms with Crippen molar-refractivity contribution in [1.82, 2.24) is 0 Å². The predicted octanol–water partition coefficient (Wildman–Crippen LogP) is 4.49. The van der Waals surface area contributed by atoms with Gasteiger partial charge in [0.15, 0.2) is 0 Å². The summed E-state index contributed by atoms with van der Waals surface area (Å²) < 4.78 is 6.37. The van der Waals surface area contributed by atoms with Gasteiger partial charge in [-0.1, -0.05) is 20.8 Å². The molecule has 4 saturated carbocycles. The van der Waals surface area contributed by atoms with E-state index in [1.54, 1.807) is 0 Å². The Balaban J connectivity index is 1.38. The first-order chi connectivity index (χ1) is 13.3. The van der Waals surface area contributed by atoms with Crippen LogP contribution in [0.1, 0.15) is 78.6 Å². The maximum Gasteiger partial charge on any atom is 0.303 e. The molecule has 1 heterocycles. The van der Waals surface area contributed by atoms with Gasteiger partial charge in [0, 0.05) is 6.42 Å². The lowest BCUT2D eigenvalue weighted by Gasteiger charge is -2.59. The summed E-state index contributed by atoms with van der Waals surface area (Å²) in [6, 6.07) is 0. The van der Waals surface area contributed by atoms with Crippen molar-refractivity contribution in [3.05, 3.63) is 0 Å². The Kier molecular flexibility index (Phi) is 4.45. The number of fused-ring (bicyclic) bond motifs is 8. The highest BCUT2D eigenvalue weighted by molar-refractivity contribution is 5.66. The minimum atomic E-state index is -0.657. The summed E-state index contributed by atoms with van der Waals surface area (Å²) in [6.45, 7) is 7.34. The molecule has 5 aliphatic rings. The van der Waals surface area contributed by atoms with Crippen molar-refractivity contribution >= 4 is 5.97 Å². The van der Waals surface area contributed by atoms with E-state index in [1.807, 2.05) is 0 Å². The van der Waals surface area contributed by atoms with Crippen LogP contribution in [0.3, 0.4) is 0 Å². The fraction of sp³-hybridized carbons (Fsp3) is 0.958. The van der Waals surface area contributed by atoms with Crippen molar-refractivity contribution in [3.63, 3.8) is 0 Å². The van der Waals surface area contributed by atoms with Crippen molar-refractivity contribution in [2.24, 2.45) is 46.3 Å². The molecular formula is C24H38O4. The zero-order valence-corrected chi connectivity index (χ0v) is 17.8. The highest BCUT2D eigenvalue weighted by Gasteiger charge is 2.70. The van der Waals surface area contributed by atoms with E-state index in [4.69, 9.17) is 9.84 Å². The van der Waals surface area contributed by atoms with Crippen molar-refractivity contribution in [3.8, 4) is 0 Å². The van der Waals surface area contributed by atoms with E-state index in [0.29, 0.717) is 53.1 Å². The van der Waals surface area contributed by atoms with Crippen LogP contribution in [0.25, 0.3) is 0 Å². The largest absolute Gasteiger partial charge is 0.481 e. The molecule has 5 rings (SSSR count). The molecule has 0 aromatic heterocycles. The number of hydrogen-bond acceptors (Lipinski definition) is 3. The third-order valence-corrected chi connectivity index (χ3v) is 10.5. The Morgan fingerprint density at radius 2 is 1.75 bits per heavy atom. The Morgan fingerprint density at radius 3 is 2.50 bits per heavy atom. The average molecular weight is 391 g/mol. The van der Waals surface area contributed by atoms with Gasteiger partial charge in [0.05, 0.1) is 18.3 Å². The molecule has 0 spiro atoms. The summed E-state index contributed by atoms with van der Waals surface area (Å²) >= 11 is 0. The van der Waals surface area contributed by atoms with Crippen molar-refractivity contribution in [2.75, 3.05) is 0 Å². The van der Waals surface area contributed by atoms with Crippen LogP contribution in [-0.4, -0.2) is 34.5 Å². The molecule has 2 unspecified atom stereocenters. The highest BCUT2D eigenvalue weighted by Crippen LogP contribution is 2.71. The van der Waals surface area contributed by atoms with E-state index >= 15 is 0 Å². The molecule has 1 saturated heterocycles. The lowest BCUT2D eigenvalue weighted by molar-refractivity contribution is -0.137. The molecule has 1 aliphatic heterocycles. The molecule has 0 aromatic rings. The van der Waals surface area contributed by atoms with Gasteiger partial charge in [0.1, 0.15) is 0 Å². The van der Waals surface area contributed by atoms with Crippen LogP contribution in [0.5, 0.6) is 0 Å². The number of ether oxygens (including phenoxy) is 1. The molecule has 28 heavy (non-hydrogen) atoms. The summed E-state index contributed by atoms with van der Waals surface area (Å²) in [5.74, 6) is 3.23. The van der Waals surface area contributed by atoms with Gasteiger partial charge in [-0.2, -0.15) is 0 Å². The molecule has 0 amide bonds. The zero-order valence-electron chi connectivity index (χ0n) is 17.8. The fourth-order valence-corrected chi connectivity index (χ4v) is 9.03. The number of carbonyl (C=O) groups is 1. The Labute approximate surface area is 169 Å². The molecule has 4 heteroatoms. The van der Waals surface area contributed by atoms with Gasteiger partial charge < -0.3 is 14.9 Å². The number of carboxylic acids is 1. The minimum absolute atomic E-state index is 0.126. The van der Waals surface area contributed by atoms with Gasteiger partial charge in [0.2, 0.25) is 0 Å². The molecule has 0 radical (unpaired) electrons. The first-order valence-corrected chi connectivity index (χ1v) is 11.8. The monoisotopic (exact) mass is 390 g/mol. The van der Waals surface area contributed by atoms with E-state index in [1.165, 1.54) is 25.7 Å². The molecule has 158 valence electrons. The lowest BCUT2D eigenvalue weighted by Crippen LogP contribution is -2.57. The van der Waals surface area contributed by atoms with Gasteiger partial charge in [-0.25, -0.2) is 0 Å². The summed E-state index contributed by atoms with van der Waals surface area (Å²) in [7, 11) is 0. The number of hydrogen-bond donors (Lipinski definition) is 2. The SMILES string of the molecule is C[C@H](CCC(=O)O)[C@H]1CC[C@H]2C3[C@@H]4O[C@H]4C4C[C@H](O)CC[C@]4(C)[C@H]3CC[C@]12C. The number of aliphatic hydroxyl groups is 1. The van der Waals surface area contributed by atoms with Crippen LogP contribution in [-0.2, 0) is 9.53 Å². The number of rotatable bonds is 4. The standard InChI is InChI=1S/C24H38O4/c1-13(4-7-19(26)27)15-5-6-16-20-17(9-11-23(15,16)2)24(3)10-8-14(25)12-18(24)21-22(20)28-21/h13-18,20-22,25H,4-12H2,1-3H3,(H,26,27)/t13-,14-,15-,16+,17+,18?,20?,21+,22+,23-,24-/m1/s1. The number of epoxide rings is 1. The van der Waals surface area contributed by atoms with Crippen LogP contribution in [0, 0.1) is 46.3 Å². The van der Waals surface area contributed by atoms with Crippen molar-refractivity contribution in [1.29, 1.82) is 0 Å². The maximum atomic E-state index is 11.1. The highest BCUT2D eigenvalue weighted by atomic mass is 16.6. The van der Waals surface area contributed by atoms with Crippen LogP contribution in [0.4, 0.5) is 0 Å². The Bertz CT molecular complexity index is 649. The van der Waals surface area contributed by atoms with Crippen LogP contribution >= 0.6 is 0 Å². The van der Waals surface area contributed by atoms with E-state index in [0.717, 1.165) is 37.5 Å². The molecule has 0 bridgehead atoms. The van der Waals surface area contributed by atoms with Gasteiger partial charge in [-0.3, -0.25) is 4.79 Å². The second-order valence-corrected chi connectivity index (χ2v) is 11.5. The molecule has 11 atom stereocenters. The van der Waals surface area contributed by atoms with E-state index in [9.17, 15) is 9.90 Å². The quantitative estimate of drug-likeness (QED) is 0.694. The maximum absolute atomic E-state index is 11.1. The fourth-order valence-electron chi connectivity index (χ4n) is 9.03. The predicted molar refractivity (Wildman–Crippen MR) is 107 cm³/mol. The summed E-state index contributed by atoms with van der Waals surface area (Å²) in [6.07, 6.45) is 10.1.